The highest BCUT2D eigenvalue weighted by atomic mass is 16.5. The number of aromatic hydroxyl groups is 2. The molecular formula is C14H10O5. The van der Waals surface area contributed by atoms with E-state index in [-0.39, 0.29) is 5.75 Å². The number of fused-ring (bicyclic) bond motifs is 2. The molecule has 2 aromatic carbocycles. The maximum Gasteiger partial charge on any atom is 0.343 e. The van der Waals surface area contributed by atoms with Crippen molar-refractivity contribution in [2.24, 2.45) is 0 Å². The molecule has 3 rings (SSSR count). The van der Waals surface area contributed by atoms with Crippen LogP contribution in [-0.2, 0) is 6.42 Å². The van der Waals surface area contributed by atoms with Gasteiger partial charge < -0.3 is 20.1 Å². The standard InChI is InChI=1S/C14H10O5/c15-9-6-11-8(13(16)12(9)14(17)18)5-7-3-1-2-4-10(7)19-11/h1-4,6,15-16H,5H2,(H,17,18). The fourth-order valence-corrected chi connectivity index (χ4v) is 2.20. The Morgan fingerprint density at radius 2 is 1.89 bits per heavy atom. The minimum absolute atomic E-state index is 0.277. The lowest BCUT2D eigenvalue weighted by Gasteiger charge is -2.22. The first-order valence-electron chi connectivity index (χ1n) is 5.65. The Balaban J connectivity index is 2.19. The van der Waals surface area contributed by atoms with Gasteiger partial charge in [0.2, 0.25) is 0 Å². The molecule has 0 aromatic heterocycles. The molecule has 5 heteroatoms. The average molecular weight is 258 g/mol. The Morgan fingerprint density at radius 3 is 2.63 bits per heavy atom. The monoisotopic (exact) mass is 258 g/mol. The van der Waals surface area contributed by atoms with Crippen molar-refractivity contribution in [3.8, 4) is 23.0 Å². The lowest BCUT2D eigenvalue weighted by Crippen LogP contribution is -2.07. The summed E-state index contributed by atoms with van der Waals surface area (Å²) in [7, 11) is 0. The summed E-state index contributed by atoms with van der Waals surface area (Å²) in [4.78, 5) is 11.0. The molecule has 0 bridgehead atoms. The first-order chi connectivity index (χ1) is 9.08. The molecule has 0 unspecified atom stereocenters. The van der Waals surface area contributed by atoms with Crippen LogP contribution in [0.1, 0.15) is 21.5 Å². The van der Waals surface area contributed by atoms with Crippen molar-refractivity contribution in [1.82, 2.24) is 0 Å². The summed E-state index contributed by atoms with van der Waals surface area (Å²) in [6.07, 6.45) is 0.359. The van der Waals surface area contributed by atoms with Gasteiger partial charge in [0.1, 0.15) is 28.6 Å². The zero-order valence-corrected chi connectivity index (χ0v) is 9.75. The summed E-state index contributed by atoms with van der Waals surface area (Å²) in [5.41, 5.74) is 0.725. The third-order valence-corrected chi connectivity index (χ3v) is 3.12. The molecule has 3 N–H and O–H groups in total. The highest BCUT2D eigenvalue weighted by molar-refractivity contribution is 5.95. The number of para-hydroxylation sites is 1. The molecule has 0 atom stereocenters. The van der Waals surface area contributed by atoms with Gasteiger partial charge in [-0.1, -0.05) is 18.2 Å². The number of carbonyl (C=O) groups is 1. The van der Waals surface area contributed by atoms with E-state index in [0.29, 0.717) is 17.7 Å². The van der Waals surface area contributed by atoms with E-state index in [9.17, 15) is 15.0 Å². The summed E-state index contributed by atoms with van der Waals surface area (Å²) < 4.78 is 5.56. The number of rotatable bonds is 1. The molecule has 0 amide bonds. The number of hydrogen-bond acceptors (Lipinski definition) is 4. The van der Waals surface area contributed by atoms with Crippen LogP contribution in [-0.4, -0.2) is 21.3 Å². The van der Waals surface area contributed by atoms with Crippen LogP contribution < -0.4 is 4.74 Å². The first-order valence-corrected chi connectivity index (χ1v) is 5.65. The molecule has 96 valence electrons. The second-order valence-corrected chi connectivity index (χ2v) is 4.29. The smallest absolute Gasteiger partial charge is 0.343 e. The van der Waals surface area contributed by atoms with Gasteiger partial charge in [-0.2, -0.15) is 0 Å². The fourth-order valence-electron chi connectivity index (χ4n) is 2.20. The number of carboxylic acids is 1. The van der Waals surface area contributed by atoms with Crippen LogP contribution in [0, 0.1) is 0 Å². The Morgan fingerprint density at radius 1 is 1.16 bits per heavy atom. The van der Waals surface area contributed by atoms with Gasteiger partial charge in [-0.15, -0.1) is 0 Å². The van der Waals surface area contributed by atoms with E-state index in [1.807, 2.05) is 18.2 Å². The van der Waals surface area contributed by atoms with Crippen molar-refractivity contribution in [1.29, 1.82) is 0 Å². The quantitative estimate of drug-likeness (QED) is 0.624. The SMILES string of the molecule is O=C(O)c1c(O)cc2c(c1O)Cc1ccccc1O2. The molecule has 0 saturated carbocycles. The maximum absolute atomic E-state index is 11.0. The number of phenols is 2. The minimum atomic E-state index is -1.38. The molecule has 0 radical (unpaired) electrons. The van der Waals surface area contributed by atoms with Crippen LogP contribution in [0.3, 0.4) is 0 Å². The van der Waals surface area contributed by atoms with Crippen molar-refractivity contribution in [2.45, 2.75) is 6.42 Å². The van der Waals surface area contributed by atoms with E-state index in [4.69, 9.17) is 9.84 Å². The van der Waals surface area contributed by atoms with Crippen LogP contribution >= 0.6 is 0 Å². The molecule has 2 aromatic rings. The van der Waals surface area contributed by atoms with E-state index >= 15 is 0 Å². The molecule has 0 saturated heterocycles. The van der Waals surface area contributed by atoms with Crippen molar-refractivity contribution < 1.29 is 24.9 Å². The van der Waals surface area contributed by atoms with Gasteiger partial charge in [-0.3, -0.25) is 0 Å². The predicted octanol–water partition coefficient (Wildman–Crippen LogP) is 2.49. The molecule has 0 spiro atoms. The largest absolute Gasteiger partial charge is 0.507 e. The van der Waals surface area contributed by atoms with Gasteiger partial charge in [0.25, 0.3) is 0 Å². The summed E-state index contributed by atoms with van der Waals surface area (Å²) in [6, 6.07) is 8.48. The van der Waals surface area contributed by atoms with Crippen LogP contribution in [0.2, 0.25) is 0 Å². The van der Waals surface area contributed by atoms with Crippen molar-refractivity contribution in [3.05, 3.63) is 47.0 Å². The Kier molecular flexibility index (Phi) is 2.35. The van der Waals surface area contributed by atoms with Gasteiger partial charge >= 0.3 is 5.97 Å². The average Bonchev–Trinajstić information content (AvgIpc) is 2.36. The summed E-state index contributed by atoms with van der Waals surface area (Å²) >= 11 is 0. The Bertz CT molecular complexity index is 690. The summed E-state index contributed by atoms with van der Waals surface area (Å²) in [5, 5.41) is 28.6. The highest BCUT2D eigenvalue weighted by Crippen LogP contribution is 2.45. The van der Waals surface area contributed by atoms with Crippen molar-refractivity contribution in [3.63, 3.8) is 0 Å². The summed E-state index contributed by atoms with van der Waals surface area (Å²) in [6.45, 7) is 0. The van der Waals surface area contributed by atoms with Crippen LogP contribution in [0.4, 0.5) is 0 Å². The van der Waals surface area contributed by atoms with Gasteiger partial charge in [-0.25, -0.2) is 4.79 Å². The molecule has 0 aliphatic carbocycles. The molecule has 19 heavy (non-hydrogen) atoms. The van der Waals surface area contributed by atoms with Gasteiger partial charge in [0, 0.05) is 18.1 Å². The first kappa shape index (κ1) is 11.4. The molecule has 5 nitrogen and oxygen atoms in total. The highest BCUT2D eigenvalue weighted by Gasteiger charge is 2.27. The van der Waals surface area contributed by atoms with E-state index < -0.39 is 23.0 Å². The second-order valence-electron chi connectivity index (χ2n) is 4.29. The molecule has 1 aliphatic heterocycles. The van der Waals surface area contributed by atoms with E-state index in [2.05, 4.69) is 0 Å². The van der Waals surface area contributed by atoms with E-state index in [0.717, 1.165) is 5.56 Å². The molecule has 1 aliphatic rings. The second kappa shape index (κ2) is 3.91. The lowest BCUT2D eigenvalue weighted by molar-refractivity contribution is 0.0690. The van der Waals surface area contributed by atoms with Crippen LogP contribution in [0.5, 0.6) is 23.0 Å². The van der Waals surface area contributed by atoms with Crippen molar-refractivity contribution >= 4 is 5.97 Å². The van der Waals surface area contributed by atoms with Gasteiger partial charge in [-0.05, 0) is 11.6 Å². The third-order valence-electron chi connectivity index (χ3n) is 3.12. The van der Waals surface area contributed by atoms with Crippen LogP contribution in [0.15, 0.2) is 30.3 Å². The van der Waals surface area contributed by atoms with Crippen LogP contribution in [0.25, 0.3) is 0 Å². The Hall–Kier alpha value is -2.69. The normalized spacial score (nSPS) is 12.2. The topological polar surface area (TPSA) is 87.0 Å². The lowest BCUT2D eigenvalue weighted by atomic mass is 9.96. The third kappa shape index (κ3) is 1.67. The van der Waals surface area contributed by atoms with E-state index in [1.165, 1.54) is 6.07 Å². The number of hydrogen-bond donors (Lipinski definition) is 3. The predicted molar refractivity (Wildman–Crippen MR) is 66.1 cm³/mol. The molecular weight excluding hydrogens is 248 g/mol. The zero-order chi connectivity index (χ0) is 13.6. The number of ether oxygens (including phenoxy) is 1. The van der Waals surface area contributed by atoms with Gasteiger partial charge in [0.15, 0.2) is 0 Å². The summed E-state index contributed by atoms with van der Waals surface area (Å²) in [5.74, 6) is -1.42. The minimum Gasteiger partial charge on any atom is -0.507 e. The maximum atomic E-state index is 11.0. The molecule has 0 fully saturated rings. The number of aromatic carboxylic acids is 1. The van der Waals surface area contributed by atoms with Gasteiger partial charge in [0.05, 0.1) is 0 Å². The zero-order valence-electron chi connectivity index (χ0n) is 9.75. The Labute approximate surface area is 108 Å². The number of carboxylic acid groups (broad SMARTS) is 1. The molecule has 1 heterocycles. The van der Waals surface area contributed by atoms with Crippen molar-refractivity contribution in [2.75, 3.05) is 0 Å². The van der Waals surface area contributed by atoms with E-state index in [1.54, 1.807) is 6.07 Å². The fraction of sp³-hybridized carbons (Fsp3) is 0.0714. The number of benzene rings is 2.